The number of benzene rings is 1. The maximum absolute atomic E-state index is 5.90. The third-order valence-electron chi connectivity index (χ3n) is 2.46. The van der Waals surface area contributed by atoms with Crippen molar-refractivity contribution in [1.82, 2.24) is 5.43 Å². The average molecular weight is 304 g/mol. The van der Waals surface area contributed by atoms with Crippen LogP contribution in [-0.4, -0.2) is 6.61 Å². The minimum Gasteiger partial charge on any atom is -0.496 e. The SMILES string of the molecule is NNC(C1=CCCO1)c1ccc(Cl)cc1Br. The Morgan fingerprint density at radius 3 is 2.88 bits per heavy atom. The van der Waals surface area contributed by atoms with Gasteiger partial charge in [0.05, 0.1) is 6.61 Å². The van der Waals surface area contributed by atoms with Gasteiger partial charge in [0.15, 0.2) is 0 Å². The van der Waals surface area contributed by atoms with Crippen LogP contribution in [0, 0.1) is 0 Å². The van der Waals surface area contributed by atoms with Crippen molar-refractivity contribution in [3.8, 4) is 0 Å². The molecule has 0 radical (unpaired) electrons. The van der Waals surface area contributed by atoms with Crippen molar-refractivity contribution in [3.63, 3.8) is 0 Å². The van der Waals surface area contributed by atoms with E-state index in [1.54, 1.807) is 0 Å². The molecule has 2 rings (SSSR count). The molecular formula is C11H12BrClN2O. The van der Waals surface area contributed by atoms with E-state index in [9.17, 15) is 0 Å². The van der Waals surface area contributed by atoms with E-state index in [1.807, 2.05) is 24.3 Å². The largest absolute Gasteiger partial charge is 0.496 e. The van der Waals surface area contributed by atoms with Crippen molar-refractivity contribution >= 4 is 27.5 Å². The molecule has 16 heavy (non-hydrogen) atoms. The molecule has 1 atom stereocenters. The molecule has 0 aromatic heterocycles. The average Bonchev–Trinajstić information content (AvgIpc) is 2.75. The van der Waals surface area contributed by atoms with E-state index < -0.39 is 0 Å². The van der Waals surface area contributed by atoms with Crippen LogP contribution in [0.25, 0.3) is 0 Å². The predicted octanol–water partition coefficient (Wildman–Crippen LogP) is 2.91. The van der Waals surface area contributed by atoms with Gasteiger partial charge in [-0.3, -0.25) is 5.84 Å². The molecule has 1 aromatic rings. The Morgan fingerprint density at radius 1 is 1.50 bits per heavy atom. The second kappa shape index (κ2) is 5.19. The Bertz CT molecular complexity index is 422. The lowest BCUT2D eigenvalue weighted by molar-refractivity contribution is 0.215. The van der Waals surface area contributed by atoms with E-state index in [2.05, 4.69) is 21.4 Å². The van der Waals surface area contributed by atoms with Gasteiger partial charge in [0.1, 0.15) is 11.8 Å². The van der Waals surface area contributed by atoms with Gasteiger partial charge in [-0.2, -0.15) is 0 Å². The van der Waals surface area contributed by atoms with E-state index in [0.717, 1.165) is 28.8 Å². The van der Waals surface area contributed by atoms with Crippen molar-refractivity contribution < 1.29 is 4.74 Å². The Kier molecular flexibility index (Phi) is 3.86. The Balaban J connectivity index is 2.32. The summed E-state index contributed by atoms with van der Waals surface area (Å²) in [6.45, 7) is 0.721. The molecule has 3 N–H and O–H groups in total. The molecule has 0 fully saturated rings. The van der Waals surface area contributed by atoms with Crippen molar-refractivity contribution in [2.75, 3.05) is 6.61 Å². The topological polar surface area (TPSA) is 47.3 Å². The summed E-state index contributed by atoms with van der Waals surface area (Å²) in [5, 5.41) is 0.688. The number of hydrogen-bond acceptors (Lipinski definition) is 3. The third-order valence-corrected chi connectivity index (χ3v) is 3.38. The molecule has 1 aromatic carbocycles. The zero-order valence-electron chi connectivity index (χ0n) is 8.54. The van der Waals surface area contributed by atoms with Gasteiger partial charge < -0.3 is 4.74 Å². The molecule has 1 heterocycles. The van der Waals surface area contributed by atoms with Crippen LogP contribution in [0.2, 0.25) is 5.02 Å². The normalized spacial score (nSPS) is 16.8. The van der Waals surface area contributed by atoms with Crippen LogP contribution in [0.3, 0.4) is 0 Å². The number of nitrogens with one attached hydrogen (secondary N) is 1. The lowest BCUT2D eigenvalue weighted by Gasteiger charge is -2.19. The molecule has 0 spiro atoms. The molecule has 0 aliphatic carbocycles. The lowest BCUT2D eigenvalue weighted by atomic mass is 10.1. The highest BCUT2D eigenvalue weighted by molar-refractivity contribution is 9.10. The quantitative estimate of drug-likeness (QED) is 0.667. The summed E-state index contributed by atoms with van der Waals surface area (Å²) in [6, 6.07) is 5.48. The van der Waals surface area contributed by atoms with Gasteiger partial charge in [-0.1, -0.05) is 33.6 Å². The summed E-state index contributed by atoms with van der Waals surface area (Å²) in [5.41, 5.74) is 3.77. The van der Waals surface area contributed by atoms with Crippen molar-refractivity contribution in [3.05, 3.63) is 45.1 Å². The fourth-order valence-corrected chi connectivity index (χ4v) is 2.61. The summed E-state index contributed by atoms with van der Waals surface area (Å²) < 4.78 is 6.43. The number of halogens is 2. The Morgan fingerprint density at radius 2 is 2.31 bits per heavy atom. The maximum Gasteiger partial charge on any atom is 0.115 e. The standard InChI is InChI=1S/C11H12BrClN2O/c12-9-6-7(13)3-4-8(9)11(15-14)10-2-1-5-16-10/h2-4,6,11,15H,1,5,14H2. The first-order chi connectivity index (χ1) is 7.72. The number of hydrogen-bond donors (Lipinski definition) is 2. The third kappa shape index (κ3) is 2.40. The van der Waals surface area contributed by atoms with Gasteiger partial charge >= 0.3 is 0 Å². The predicted molar refractivity (Wildman–Crippen MR) is 67.9 cm³/mol. The zero-order chi connectivity index (χ0) is 11.5. The van der Waals surface area contributed by atoms with Crippen LogP contribution < -0.4 is 11.3 Å². The molecule has 5 heteroatoms. The molecule has 0 bridgehead atoms. The highest BCUT2D eigenvalue weighted by atomic mass is 79.9. The summed E-state index contributed by atoms with van der Waals surface area (Å²) in [5.74, 6) is 6.43. The molecule has 86 valence electrons. The number of ether oxygens (including phenoxy) is 1. The molecule has 1 aliphatic heterocycles. The number of nitrogens with two attached hydrogens (primary N) is 1. The Labute approximate surface area is 108 Å². The fraction of sp³-hybridized carbons (Fsp3) is 0.273. The molecule has 0 amide bonds. The molecule has 1 aliphatic rings. The fourth-order valence-electron chi connectivity index (χ4n) is 1.70. The van der Waals surface area contributed by atoms with E-state index >= 15 is 0 Å². The summed E-state index contributed by atoms with van der Waals surface area (Å²) in [7, 11) is 0. The van der Waals surface area contributed by atoms with Gasteiger partial charge in [-0.15, -0.1) is 0 Å². The summed E-state index contributed by atoms with van der Waals surface area (Å²) in [4.78, 5) is 0. The van der Waals surface area contributed by atoms with Gasteiger partial charge in [0.2, 0.25) is 0 Å². The summed E-state index contributed by atoms with van der Waals surface area (Å²) in [6.07, 6.45) is 2.98. The van der Waals surface area contributed by atoms with E-state index in [4.69, 9.17) is 22.2 Å². The second-order valence-corrected chi connectivity index (χ2v) is 4.80. The molecule has 1 unspecified atom stereocenters. The Hall–Kier alpha value is -0.550. The minimum atomic E-state index is -0.130. The number of hydrazine groups is 1. The monoisotopic (exact) mass is 302 g/mol. The second-order valence-electron chi connectivity index (χ2n) is 3.51. The summed E-state index contributed by atoms with van der Waals surface area (Å²) >= 11 is 9.37. The first-order valence-corrected chi connectivity index (χ1v) is 6.13. The van der Waals surface area contributed by atoms with Crippen molar-refractivity contribution in [2.45, 2.75) is 12.5 Å². The maximum atomic E-state index is 5.90. The first kappa shape index (κ1) is 11.9. The van der Waals surface area contributed by atoms with Crippen LogP contribution >= 0.6 is 27.5 Å². The molecular weight excluding hydrogens is 291 g/mol. The van der Waals surface area contributed by atoms with Crippen molar-refractivity contribution in [1.29, 1.82) is 0 Å². The minimum absolute atomic E-state index is 0.130. The highest BCUT2D eigenvalue weighted by Gasteiger charge is 2.21. The van der Waals surface area contributed by atoms with Gasteiger partial charge in [0, 0.05) is 15.9 Å². The number of rotatable bonds is 3. The first-order valence-electron chi connectivity index (χ1n) is 4.96. The van der Waals surface area contributed by atoms with Gasteiger partial charge in [-0.25, -0.2) is 5.43 Å². The van der Waals surface area contributed by atoms with Crippen LogP contribution in [0.15, 0.2) is 34.5 Å². The highest BCUT2D eigenvalue weighted by Crippen LogP contribution is 2.32. The van der Waals surface area contributed by atoms with Gasteiger partial charge in [-0.05, 0) is 23.8 Å². The van der Waals surface area contributed by atoms with Crippen LogP contribution in [0.1, 0.15) is 18.0 Å². The van der Waals surface area contributed by atoms with Crippen molar-refractivity contribution in [2.24, 2.45) is 5.84 Å². The van der Waals surface area contributed by atoms with E-state index in [0.29, 0.717) is 5.02 Å². The molecule has 0 saturated heterocycles. The van der Waals surface area contributed by atoms with Crippen LogP contribution in [-0.2, 0) is 4.74 Å². The van der Waals surface area contributed by atoms with Crippen LogP contribution in [0.5, 0.6) is 0 Å². The van der Waals surface area contributed by atoms with Crippen LogP contribution in [0.4, 0.5) is 0 Å². The zero-order valence-corrected chi connectivity index (χ0v) is 10.9. The smallest absolute Gasteiger partial charge is 0.115 e. The molecule has 3 nitrogen and oxygen atoms in total. The van der Waals surface area contributed by atoms with E-state index in [1.165, 1.54) is 0 Å². The molecule has 0 saturated carbocycles. The van der Waals surface area contributed by atoms with E-state index in [-0.39, 0.29) is 6.04 Å². The lowest BCUT2D eigenvalue weighted by Crippen LogP contribution is -2.29. The van der Waals surface area contributed by atoms with Gasteiger partial charge in [0.25, 0.3) is 0 Å².